The summed E-state index contributed by atoms with van der Waals surface area (Å²) < 4.78 is 17.7. The van der Waals surface area contributed by atoms with E-state index < -0.39 is 0 Å². The first-order valence-electron chi connectivity index (χ1n) is 8.72. The van der Waals surface area contributed by atoms with Crippen molar-refractivity contribution in [1.82, 2.24) is 4.98 Å². The van der Waals surface area contributed by atoms with Crippen molar-refractivity contribution in [3.05, 3.63) is 45.7 Å². The summed E-state index contributed by atoms with van der Waals surface area (Å²) in [5.41, 5.74) is 2.87. The summed E-state index contributed by atoms with van der Waals surface area (Å²) in [5, 5.41) is 11.9. The van der Waals surface area contributed by atoms with Gasteiger partial charge in [-0.1, -0.05) is 22.9 Å². The molecule has 0 saturated carbocycles. The molecule has 27 heavy (non-hydrogen) atoms. The van der Waals surface area contributed by atoms with Gasteiger partial charge in [0.15, 0.2) is 0 Å². The normalized spacial score (nSPS) is 11.8. The first-order chi connectivity index (χ1) is 12.9. The Morgan fingerprint density at radius 1 is 1.26 bits per heavy atom. The third kappa shape index (κ3) is 4.99. The Morgan fingerprint density at radius 3 is 2.59 bits per heavy atom. The van der Waals surface area contributed by atoms with Crippen LogP contribution < -0.4 is 14.8 Å². The van der Waals surface area contributed by atoms with Gasteiger partial charge in [-0.2, -0.15) is 0 Å². The molecular formula is C20H26BrN3O3. The lowest BCUT2D eigenvalue weighted by Gasteiger charge is -2.21. The maximum atomic E-state index is 8.75. The third-order valence-corrected chi connectivity index (χ3v) is 4.63. The standard InChI is InChI=1S/C20H26BrN3O3/c1-6-14(11-25-4)27-17-9-12(2)24-20(19(17)23-3)18(22)15-8-7-13(21)10-16(15)26-5/h7-10,14,22-23H,6,11H2,1-5H3. The number of hydrogen-bond acceptors (Lipinski definition) is 6. The molecule has 7 heteroatoms. The summed E-state index contributed by atoms with van der Waals surface area (Å²) in [6, 6.07) is 7.43. The molecule has 1 heterocycles. The van der Waals surface area contributed by atoms with Crippen molar-refractivity contribution in [1.29, 1.82) is 5.41 Å². The van der Waals surface area contributed by atoms with Crippen molar-refractivity contribution in [3.63, 3.8) is 0 Å². The molecule has 2 rings (SSSR count). The summed E-state index contributed by atoms with van der Waals surface area (Å²) >= 11 is 3.43. The van der Waals surface area contributed by atoms with E-state index in [-0.39, 0.29) is 11.8 Å². The molecule has 0 saturated heterocycles. The lowest BCUT2D eigenvalue weighted by molar-refractivity contribution is 0.0791. The van der Waals surface area contributed by atoms with Crippen molar-refractivity contribution < 1.29 is 14.2 Å². The van der Waals surface area contributed by atoms with E-state index in [0.717, 1.165) is 16.6 Å². The molecule has 0 aliphatic heterocycles. The van der Waals surface area contributed by atoms with Gasteiger partial charge in [0.2, 0.25) is 0 Å². The molecule has 2 N–H and O–H groups in total. The zero-order valence-corrected chi connectivity index (χ0v) is 17.9. The van der Waals surface area contributed by atoms with E-state index >= 15 is 0 Å². The summed E-state index contributed by atoms with van der Waals surface area (Å²) in [5.74, 6) is 1.26. The highest BCUT2D eigenvalue weighted by Gasteiger charge is 2.21. The molecule has 1 unspecified atom stereocenters. The number of hydrogen-bond donors (Lipinski definition) is 2. The van der Waals surface area contributed by atoms with Gasteiger partial charge in [-0.25, -0.2) is 4.98 Å². The number of anilines is 1. The first-order valence-corrected chi connectivity index (χ1v) is 9.52. The Labute approximate surface area is 168 Å². The number of halogens is 1. The second kappa shape index (κ2) is 9.71. The summed E-state index contributed by atoms with van der Waals surface area (Å²) in [6.45, 7) is 4.43. The molecule has 6 nitrogen and oxygen atoms in total. The average molecular weight is 436 g/mol. The highest BCUT2D eigenvalue weighted by Crippen LogP contribution is 2.33. The number of aromatic nitrogens is 1. The number of nitrogens with zero attached hydrogens (tertiary/aromatic N) is 1. The average Bonchev–Trinajstić information content (AvgIpc) is 2.66. The molecule has 2 aromatic rings. The number of ether oxygens (including phenoxy) is 3. The van der Waals surface area contributed by atoms with Crippen LogP contribution in [-0.4, -0.2) is 44.7 Å². The molecule has 0 bridgehead atoms. The zero-order valence-electron chi connectivity index (χ0n) is 16.4. The fraction of sp³-hybridized carbons (Fsp3) is 0.400. The van der Waals surface area contributed by atoms with E-state index in [0.29, 0.717) is 35.1 Å². The molecule has 0 spiro atoms. The van der Waals surface area contributed by atoms with Crippen LogP contribution in [0.2, 0.25) is 0 Å². The number of pyridine rings is 1. The molecule has 1 aromatic carbocycles. The highest BCUT2D eigenvalue weighted by molar-refractivity contribution is 9.10. The van der Waals surface area contributed by atoms with Gasteiger partial charge in [0, 0.05) is 36.0 Å². The van der Waals surface area contributed by atoms with E-state index in [4.69, 9.17) is 19.6 Å². The van der Waals surface area contributed by atoms with Crippen LogP contribution in [-0.2, 0) is 4.74 Å². The van der Waals surface area contributed by atoms with Crippen LogP contribution in [0.5, 0.6) is 11.5 Å². The van der Waals surface area contributed by atoms with Gasteiger partial charge >= 0.3 is 0 Å². The Balaban J connectivity index is 2.52. The number of rotatable bonds is 9. The van der Waals surface area contributed by atoms with Gasteiger partial charge in [0.25, 0.3) is 0 Å². The third-order valence-electron chi connectivity index (χ3n) is 4.13. The summed E-state index contributed by atoms with van der Waals surface area (Å²) in [4.78, 5) is 4.59. The predicted molar refractivity (Wildman–Crippen MR) is 112 cm³/mol. The largest absolute Gasteiger partial charge is 0.496 e. The smallest absolute Gasteiger partial charge is 0.147 e. The van der Waals surface area contributed by atoms with E-state index in [1.807, 2.05) is 38.1 Å². The molecule has 1 atom stereocenters. The fourth-order valence-electron chi connectivity index (χ4n) is 2.76. The molecule has 0 aliphatic rings. The molecule has 0 aliphatic carbocycles. The summed E-state index contributed by atoms with van der Waals surface area (Å²) in [7, 11) is 5.04. The monoisotopic (exact) mass is 435 g/mol. The van der Waals surface area contributed by atoms with Crippen molar-refractivity contribution in [3.8, 4) is 11.5 Å². The number of methoxy groups -OCH3 is 2. The minimum absolute atomic E-state index is 0.0758. The van der Waals surface area contributed by atoms with Crippen LogP contribution in [0.15, 0.2) is 28.7 Å². The van der Waals surface area contributed by atoms with Crippen LogP contribution in [0, 0.1) is 12.3 Å². The van der Waals surface area contributed by atoms with Crippen molar-refractivity contribution >= 4 is 27.3 Å². The van der Waals surface area contributed by atoms with Crippen molar-refractivity contribution in [2.45, 2.75) is 26.4 Å². The Kier molecular flexibility index (Phi) is 7.62. The molecule has 0 amide bonds. The second-order valence-corrected chi connectivity index (χ2v) is 6.97. The quantitative estimate of drug-likeness (QED) is 0.569. The Hall–Kier alpha value is -2.12. The van der Waals surface area contributed by atoms with Gasteiger partial charge in [0.1, 0.15) is 29.0 Å². The van der Waals surface area contributed by atoms with Crippen LogP contribution in [0.3, 0.4) is 0 Å². The van der Waals surface area contributed by atoms with Gasteiger partial charge in [-0.3, -0.25) is 5.41 Å². The van der Waals surface area contributed by atoms with E-state index in [2.05, 4.69) is 26.2 Å². The topological polar surface area (TPSA) is 76.5 Å². The highest BCUT2D eigenvalue weighted by atomic mass is 79.9. The zero-order chi connectivity index (χ0) is 20.0. The lowest BCUT2D eigenvalue weighted by Crippen LogP contribution is -2.22. The molecule has 0 radical (unpaired) electrons. The second-order valence-electron chi connectivity index (χ2n) is 6.06. The van der Waals surface area contributed by atoms with Crippen LogP contribution >= 0.6 is 15.9 Å². The van der Waals surface area contributed by atoms with Crippen LogP contribution in [0.25, 0.3) is 0 Å². The minimum atomic E-state index is -0.0758. The number of aryl methyl sites for hydroxylation is 1. The van der Waals surface area contributed by atoms with Gasteiger partial charge in [-0.15, -0.1) is 0 Å². The SMILES string of the molecule is CCC(COC)Oc1cc(C)nc(C(=N)c2ccc(Br)cc2OC)c1NC. The minimum Gasteiger partial charge on any atom is -0.496 e. The Bertz CT molecular complexity index is 811. The van der Waals surface area contributed by atoms with Crippen molar-refractivity contribution in [2.24, 2.45) is 0 Å². The molecule has 1 aromatic heterocycles. The first kappa shape index (κ1) is 21.2. The maximum absolute atomic E-state index is 8.75. The van der Waals surface area contributed by atoms with E-state index in [1.54, 1.807) is 21.3 Å². The molecule has 0 fully saturated rings. The fourth-order valence-corrected chi connectivity index (χ4v) is 3.10. The number of benzene rings is 1. The lowest BCUT2D eigenvalue weighted by atomic mass is 10.0. The predicted octanol–water partition coefficient (Wildman–Crippen LogP) is 4.42. The maximum Gasteiger partial charge on any atom is 0.147 e. The van der Waals surface area contributed by atoms with Crippen molar-refractivity contribution in [2.75, 3.05) is 33.2 Å². The van der Waals surface area contributed by atoms with E-state index in [9.17, 15) is 0 Å². The van der Waals surface area contributed by atoms with Gasteiger partial charge < -0.3 is 19.5 Å². The van der Waals surface area contributed by atoms with E-state index in [1.165, 1.54) is 0 Å². The van der Waals surface area contributed by atoms with Crippen LogP contribution in [0.1, 0.15) is 30.3 Å². The van der Waals surface area contributed by atoms with Gasteiger partial charge in [-0.05, 0) is 31.5 Å². The molecular weight excluding hydrogens is 410 g/mol. The Morgan fingerprint density at radius 2 is 2.00 bits per heavy atom. The summed E-state index contributed by atoms with van der Waals surface area (Å²) in [6.07, 6.45) is 0.735. The van der Waals surface area contributed by atoms with Gasteiger partial charge in [0.05, 0.1) is 19.4 Å². The molecule has 146 valence electrons. The van der Waals surface area contributed by atoms with Crippen LogP contribution in [0.4, 0.5) is 5.69 Å². The number of nitrogens with one attached hydrogen (secondary N) is 2.